The summed E-state index contributed by atoms with van der Waals surface area (Å²) in [6.07, 6.45) is 3.89. The zero-order valence-electron chi connectivity index (χ0n) is 18.7. The zero-order chi connectivity index (χ0) is 24.2. The summed E-state index contributed by atoms with van der Waals surface area (Å²) >= 11 is 2.14. The number of amides is 1. The maximum absolute atomic E-state index is 12.6. The summed E-state index contributed by atoms with van der Waals surface area (Å²) in [5.74, 6) is -0.0413. The largest absolute Gasteiger partial charge is 0.437 e. The summed E-state index contributed by atoms with van der Waals surface area (Å²) in [5.41, 5.74) is 8.60. The smallest absolute Gasteiger partial charge is 0.253 e. The SMILES string of the molecule is CCc1ccc(-c2oc3nc(N(CCCCCO)S(C)(=O)=O)c(CI)cc3c2C(N)=O)cc1. The second-order valence-corrected chi connectivity index (χ2v) is 10.5. The van der Waals surface area contributed by atoms with Crippen LogP contribution in [0.25, 0.3) is 22.4 Å². The van der Waals surface area contributed by atoms with E-state index in [1.54, 1.807) is 6.07 Å². The van der Waals surface area contributed by atoms with Crippen molar-refractivity contribution in [2.24, 2.45) is 5.73 Å². The van der Waals surface area contributed by atoms with Gasteiger partial charge in [-0.25, -0.2) is 8.42 Å². The number of pyridine rings is 1. The Bertz CT molecular complexity index is 1240. The summed E-state index contributed by atoms with van der Waals surface area (Å²) in [6, 6.07) is 9.39. The number of rotatable bonds is 11. The minimum Gasteiger partial charge on any atom is -0.437 e. The maximum atomic E-state index is 12.6. The molecule has 0 bridgehead atoms. The Morgan fingerprint density at radius 2 is 1.91 bits per heavy atom. The van der Waals surface area contributed by atoms with E-state index < -0.39 is 15.9 Å². The number of carbonyl (C=O) groups is 1. The van der Waals surface area contributed by atoms with Gasteiger partial charge in [-0.15, -0.1) is 0 Å². The van der Waals surface area contributed by atoms with Crippen LogP contribution < -0.4 is 10.0 Å². The van der Waals surface area contributed by atoms with Gasteiger partial charge in [0.2, 0.25) is 15.7 Å². The van der Waals surface area contributed by atoms with Gasteiger partial charge < -0.3 is 15.3 Å². The van der Waals surface area contributed by atoms with Gasteiger partial charge in [0, 0.05) is 28.7 Å². The lowest BCUT2D eigenvalue weighted by atomic mass is 10.0. The van der Waals surface area contributed by atoms with Crippen molar-refractivity contribution < 1.29 is 22.7 Å². The fourth-order valence-electron chi connectivity index (χ4n) is 3.68. The number of unbranched alkanes of at least 4 members (excludes halogenated alkanes) is 2. The van der Waals surface area contributed by atoms with E-state index in [0.717, 1.165) is 18.2 Å². The number of fused-ring (bicyclic) bond motifs is 1. The van der Waals surface area contributed by atoms with Crippen LogP contribution in [0, 0.1) is 0 Å². The molecule has 3 aromatic rings. The van der Waals surface area contributed by atoms with E-state index in [-0.39, 0.29) is 30.2 Å². The van der Waals surface area contributed by atoms with Crippen LogP contribution in [0.4, 0.5) is 5.82 Å². The maximum Gasteiger partial charge on any atom is 0.253 e. The Balaban J connectivity index is 2.17. The van der Waals surface area contributed by atoms with E-state index in [2.05, 4.69) is 34.5 Å². The van der Waals surface area contributed by atoms with Crippen LogP contribution in [0.15, 0.2) is 34.7 Å². The number of nitrogens with zero attached hydrogens (tertiary/aromatic N) is 2. The van der Waals surface area contributed by atoms with Gasteiger partial charge >= 0.3 is 0 Å². The topological polar surface area (TPSA) is 127 Å². The highest BCUT2D eigenvalue weighted by molar-refractivity contribution is 14.1. The molecule has 0 saturated heterocycles. The Kier molecular flexibility index (Phi) is 8.35. The van der Waals surface area contributed by atoms with Gasteiger partial charge in [-0.3, -0.25) is 9.10 Å². The molecule has 1 amide bonds. The fraction of sp³-hybridized carbons (Fsp3) is 0.391. The third-order valence-electron chi connectivity index (χ3n) is 5.41. The Hall–Kier alpha value is -2.18. The molecule has 0 spiro atoms. The number of benzene rings is 1. The molecule has 0 atom stereocenters. The van der Waals surface area contributed by atoms with Crippen molar-refractivity contribution in [3.8, 4) is 11.3 Å². The highest BCUT2D eigenvalue weighted by Gasteiger charge is 2.27. The number of sulfonamides is 1. The number of aliphatic hydroxyl groups is 1. The molecule has 2 aromatic heterocycles. The van der Waals surface area contributed by atoms with E-state index in [4.69, 9.17) is 15.3 Å². The molecule has 10 heteroatoms. The van der Waals surface area contributed by atoms with Crippen molar-refractivity contribution in [1.82, 2.24) is 4.98 Å². The lowest BCUT2D eigenvalue weighted by Gasteiger charge is -2.23. The lowest BCUT2D eigenvalue weighted by Crippen LogP contribution is -2.32. The van der Waals surface area contributed by atoms with E-state index in [1.165, 1.54) is 4.31 Å². The third kappa shape index (κ3) is 5.67. The second kappa shape index (κ2) is 10.8. The van der Waals surface area contributed by atoms with Crippen molar-refractivity contribution in [2.75, 3.05) is 23.7 Å². The van der Waals surface area contributed by atoms with Crippen molar-refractivity contribution in [1.29, 1.82) is 0 Å². The predicted molar refractivity (Wildman–Crippen MR) is 138 cm³/mol. The van der Waals surface area contributed by atoms with E-state index in [1.807, 2.05) is 24.3 Å². The van der Waals surface area contributed by atoms with Gasteiger partial charge in [0.15, 0.2) is 0 Å². The molecule has 0 aliphatic rings. The number of alkyl halides is 1. The number of aryl methyl sites for hydroxylation is 1. The summed E-state index contributed by atoms with van der Waals surface area (Å²) < 4.78 is 32.9. The number of furan rings is 1. The first-order chi connectivity index (χ1) is 15.7. The van der Waals surface area contributed by atoms with Gasteiger partial charge in [0.1, 0.15) is 11.6 Å². The number of carbonyl (C=O) groups excluding carboxylic acids is 1. The van der Waals surface area contributed by atoms with Crippen molar-refractivity contribution >= 4 is 55.4 Å². The number of halogens is 1. The highest BCUT2D eigenvalue weighted by atomic mass is 127. The number of primary amides is 1. The molecule has 0 fully saturated rings. The van der Waals surface area contributed by atoms with E-state index in [9.17, 15) is 13.2 Å². The van der Waals surface area contributed by atoms with Crippen LogP contribution >= 0.6 is 22.6 Å². The average Bonchev–Trinajstić information content (AvgIpc) is 3.16. The fourth-order valence-corrected chi connectivity index (χ4v) is 5.18. The summed E-state index contributed by atoms with van der Waals surface area (Å²) in [4.78, 5) is 16.9. The zero-order valence-corrected chi connectivity index (χ0v) is 21.6. The quantitative estimate of drug-likeness (QED) is 0.199. The highest BCUT2D eigenvalue weighted by Crippen LogP contribution is 2.36. The molecule has 33 heavy (non-hydrogen) atoms. The molecular formula is C23H28IN3O5S. The minimum absolute atomic E-state index is 0.0619. The van der Waals surface area contributed by atoms with E-state index >= 15 is 0 Å². The van der Waals surface area contributed by atoms with Crippen LogP contribution in [0.3, 0.4) is 0 Å². The van der Waals surface area contributed by atoms with Crippen molar-refractivity contribution in [3.05, 3.63) is 47.0 Å². The van der Waals surface area contributed by atoms with Crippen LogP contribution in [0.2, 0.25) is 0 Å². The van der Waals surface area contributed by atoms with Gasteiger partial charge in [-0.2, -0.15) is 4.98 Å². The van der Waals surface area contributed by atoms with Gasteiger partial charge in [0.25, 0.3) is 5.91 Å². The Labute approximate surface area is 207 Å². The minimum atomic E-state index is -3.61. The van der Waals surface area contributed by atoms with Crippen molar-refractivity contribution in [2.45, 2.75) is 37.0 Å². The molecule has 3 rings (SSSR count). The van der Waals surface area contributed by atoms with E-state index in [0.29, 0.717) is 46.0 Å². The molecular weight excluding hydrogens is 557 g/mol. The molecule has 2 heterocycles. The number of aliphatic hydroxyl groups excluding tert-OH is 1. The molecule has 178 valence electrons. The van der Waals surface area contributed by atoms with Crippen LogP contribution in [0.1, 0.15) is 47.7 Å². The molecule has 1 aromatic carbocycles. The van der Waals surface area contributed by atoms with Crippen LogP contribution in [0.5, 0.6) is 0 Å². The van der Waals surface area contributed by atoms with Crippen LogP contribution in [-0.4, -0.2) is 43.8 Å². The first kappa shape index (κ1) is 25.4. The molecule has 0 unspecified atom stereocenters. The normalized spacial score (nSPS) is 11.8. The molecule has 3 N–H and O–H groups in total. The standard InChI is InChI=1S/C23H28IN3O5S/c1-3-15-7-9-16(10-8-15)20-19(21(25)29)18-13-17(14-24)22(26-23(18)32-20)27(33(2,30)31)11-5-4-6-12-28/h7-10,13,28H,3-6,11-12,14H2,1-2H3,(H2,25,29). The first-order valence-electron chi connectivity index (χ1n) is 10.7. The second-order valence-electron chi connectivity index (χ2n) is 7.80. The van der Waals surface area contributed by atoms with Gasteiger partial charge in [-0.1, -0.05) is 53.8 Å². The number of hydrogen-bond donors (Lipinski definition) is 2. The van der Waals surface area contributed by atoms with Crippen LogP contribution in [-0.2, 0) is 20.9 Å². The van der Waals surface area contributed by atoms with Crippen molar-refractivity contribution in [3.63, 3.8) is 0 Å². The number of nitrogens with two attached hydrogens (primary N) is 1. The predicted octanol–water partition coefficient (Wildman–Crippen LogP) is 4.02. The number of hydrogen-bond acceptors (Lipinski definition) is 6. The molecule has 8 nitrogen and oxygen atoms in total. The Morgan fingerprint density at radius 1 is 1.21 bits per heavy atom. The number of anilines is 1. The van der Waals surface area contributed by atoms with Gasteiger partial charge in [-0.05, 0) is 37.3 Å². The summed E-state index contributed by atoms with van der Waals surface area (Å²) in [6.45, 7) is 2.35. The summed E-state index contributed by atoms with van der Waals surface area (Å²) in [5, 5.41) is 9.47. The average molecular weight is 585 g/mol. The molecule has 0 radical (unpaired) electrons. The first-order valence-corrected chi connectivity index (χ1v) is 14.1. The molecule has 0 aliphatic heterocycles. The van der Waals surface area contributed by atoms with Gasteiger partial charge in [0.05, 0.1) is 17.2 Å². The monoisotopic (exact) mass is 585 g/mol. The lowest BCUT2D eigenvalue weighted by molar-refractivity contribution is 0.100. The Morgan fingerprint density at radius 3 is 2.45 bits per heavy atom. The summed E-state index contributed by atoms with van der Waals surface area (Å²) in [7, 11) is -3.61. The third-order valence-corrected chi connectivity index (χ3v) is 7.39. The molecule has 0 saturated carbocycles. The molecule has 0 aliphatic carbocycles. The number of aromatic nitrogens is 1.